The summed E-state index contributed by atoms with van der Waals surface area (Å²) in [4.78, 5) is 5.59. The van der Waals surface area contributed by atoms with Gasteiger partial charge in [0.05, 0.1) is 10.6 Å². The van der Waals surface area contributed by atoms with E-state index >= 15 is 0 Å². The van der Waals surface area contributed by atoms with Crippen LogP contribution >= 0.6 is 11.3 Å². The van der Waals surface area contributed by atoms with Crippen molar-refractivity contribution in [1.29, 1.82) is 0 Å². The summed E-state index contributed by atoms with van der Waals surface area (Å²) in [5.74, 6) is 0.729. The highest BCUT2D eigenvalue weighted by Crippen LogP contribution is 2.23. The topological polar surface area (TPSA) is 38.1 Å². The van der Waals surface area contributed by atoms with Gasteiger partial charge in [-0.05, 0) is 50.1 Å². The third kappa shape index (κ3) is 3.58. The van der Waals surface area contributed by atoms with Gasteiger partial charge in [0.25, 0.3) is 0 Å². The zero-order valence-electron chi connectivity index (χ0n) is 11.6. The fourth-order valence-electron chi connectivity index (χ4n) is 2.50. The van der Waals surface area contributed by atoms with E-state index in [4.69, 9.17) is 4.42 Å². The summed E-state index contributed by atoms with van der Waals surface area (Å²) in [5.41, 5.74) is 2.59. The number of nitrogens with one attached hydrogen (secondary N) is 1. The molecule has 0 saturated heterocycles. The SMILES string of the molecule is C1=C(CCNCc2coc(-c3cccs3)n2)CCCC1. The fraction of sp³-hybridized carbons (Fsp3) is 0.438. The summed E-state index contributed by atoms with van der Waals surface area (Å²) in [6.45, 7) is 1.80. The zero-order chi connectivity index (χ0) is 13.6. The number of hydrogen-bond acceptors (Lipinski definition) is 4. The highest BCUT2D eigenvalue weighted by Gasteiger charge is 2.07. The molecule has 2 aromatic rings. The first-order valence-corrected chi connectivity index (χ1v) is 8.17. The average Bonchev–Trinajstić information content (AvgIpc) is 3.15. The lowest BCUT2D eigenvalue weighted by molar-refractivity contribution is 0.571. The van der Waals surface area contributed by atoms with Gasteiger partial charge < -0.3 is 9.73 Å². The molecule has 0 saturated carbocycles. The zero-order valence-corrected chi connectivity index (χ0v) is 12.4. The Kier molecular flexibility index (Phi) is 4.66. The van der Waals surface area contributed by atoms with E-state index in [-0.39, 0.29) is 0 Å². The van der Waals surface area contributed by atoms with Crippen LogP contribution in [0.2, 0.25) is 0 Å². The average molecular weight is 288 g/mol. The van der Waals surface area contributed by atoms with Crippen molar-refractivity contribution < 1.29 is 4.42 Å². The van der Waals surface area contributed by atoms with E-state index in [1.807, 2.05) is 17.5 Å². The minimum Gasteiger partial charge on any atom is -0.444 e. The third-order valence-electron chi connectivity index (χ3n) is 3.60. The molecule has 0 fully saturated rings. The van der Waals surface area contributed by atoms with Crippen LogP contribution in [0.5, 0.6) is 0 Å². The Hall–Kier alpha value is -1.39. The molecule has 106 valence electrons. The molecule has 4 heteroatoms. The first-order valence-electron chi connectivity index (χ1n) is 7.29. The van der Waals surface area contributed by atoms with Crippen molar-refractivity contribution in [3.05, 3.63) is 41.1 Å². The van der Waals surface area contributed by atoms with Crippen molar-refractivity contribution in [2.75, 3.05) is 6.54 Å². The van der Waals surface area contributed by atoms with Crippen molar-refractivity contribution in [3.8, 4) is 10.8 Å². The van der Waals surface area contributed by atoms with E-state index in [0.29, 0.717) is 0 Å². The number of oxazole rings is 1. The van der Waals surface area contributed by atoms with Gasteiger partial charge in [-0.25, -0.2) is 4.98 Å². The molecule has 0 unspecified atom stereocenters. The van der Waals surface area contributed by atoms with Crippen LogP contribution in [-0.2, 0) is 6.54 Å². The number of allylic oxidation sites excluding steroid dienone is 1. The Balaban J connectivity index is 1.43. The quantitative estimate of drug-likeness (QED) is 0.633. The van der Waals surface area contributed by atoms with E-state index in [1.54, 1.807) is 23.2 Å². The van der Waals surface area contributed by atoms with Crippen molar-refractivity contribution in [2.24, 2.45) is 0 Å². The smallest absolute Gasteiger partial charge is 0.236 e. The maximum atomic E-state index is 5.50. The minimum absolute atomic E-state index is 0.729. The number of aromatic nitrogens is 1. The summed E-state index contributed by atoms with van der Waals surface area (Å²) in [5, 5.41) is 5.48. The summed E-state index contributed by atoms with van der Waals surface area (Å²) >= 11 is 1.65. The van der Waals surface area contributed by atoms with Crippen LogP contribution in [0.4, 0.5) is 0 Å². The molecule has 1 N–H and O–H groups in total. The molecule has 20 heavy (non-hydrogen) atoms. The van der Waals surface area contributed by atoms with E-state index in [9.17, 15) is 0 Å². The van der Waals surface area contributed by atoms with Crippen LogP contribution in [-0.4, -0.2) is 11.5 Å². The minimum atomic E-state index is 0.729. The van der Waals surface area contributed by atoms with Gasteiger partial charge >= 0.3 is 0 Å². The van der Waals surface area contributed by atoms with Crippen LogP contribution in [0.15, 0.2) is 39.8 Å². The summed E-state index contributed by atoms with van der Waals surface area (Å²) in [6, 6.07) is 4.04. The highest BCUT2D eigenvalue weighted by atomic mass is 32.1. The Labute approximate surface area is 123 Å². The van der Waals surface area contributed by atoms with E-state index in [1.165, 1.54) is 25.7 Å². The second-order valence-electron chi connectivity index (χ2n) is 5.16. The molecule has 1 aliphatic carbocycles. The van der Waals surface area contributed by atoms with Crippen LogP contribution in [0.25, 0.3) is 10.8 Å². The van der Waals surface area contributed by atoms with Gasteiger partial charge in [0.2, 0.25) is 5.89 Å². The molecule has 0 aliphatic heterocycles. The molecule has 3 rings (SSSR count). The fourth-order valence-corrected chi connectivity index (χ4v) is 3.15. The lowest BCUT2D eigenvalue weighted by Gasteiger charge is -2.12. The molecular formula is C16H20N2OS. The normalized spacial score (nSPS) is 15.3. The van der Waals surface area contributed by atoms with Crippen LogP contribution < -0.4 is 5.32 Å². The largest absolute Gasteiger partial charge is 0.444 e. The molecular weight excluding hydrogens is 268 g/mol. The van der Waals surface area contributed by atoms with Gasteiger partial charge in [-0.3, -0.25) is 0 Å². The molecule has 0 aromatic carbocycles. The molecule has 1 aliphatic rings. The van der Waals surface area contributed by atoms with Gasteiger partial charge in [-0.15, -0.1) is 11.3 Å². The standard InChI is InChI=1S/C16H20N2OS/c1-2-5-13(6-3-1)8-9-17-11-14-12-19-16(18-14)15-7-4-10-20-15/h4-5,7,10,12,17H,1-3,6,8-9,11H2. The van der Waals surface area contributed by atoms with Gasteiger partial charge in [0, 0.05) is 6.54 Å². The van der Waals surface area contributed by atoms with E-state index < -0.39 is 0 Å². The van der Waals surface area contributed by atoms with Crippen molar-refractivity contribution in [2.45, 2.75) is 38.6 Å². The van der Waals surface area contributed by atoms with Gasteiger partial charge in [-0.1, -0.05) is 17.7 Å². The number of hydrogen-bond donors (Lipinski definition) is 1. The van der Waals surface area contributed by atoms with Gasteiger partial charge in [0.15, 0.2) is 0 Å². The first kappa shape index (κ1) is 13.6. The van der Waals surface area contributed by atoms with Crippen molar-refractivity contribution >= 4 is 11.3 Å². The van der Waals surface area contributed by atoms with Crippen LogP contribution in [0.1, 0.15) is 37.8 Å². The van der Waals surface area contributed by atoms with Gasteiger partial charge in [-0.2, -0.15) is 0 Å². The van der Waals surface area contributed by atoms with Crippen LogP contribution in [0.3, 0.4) is 0 Å². The molecule has 2 heterocycles. The monoisotopic (exact) mass is 288 g/mol. The summed E-state index contributed by atoms with van der Waals surface area (Å²) in [7, 11) is 0. The lowest BCUT2D eigenvalue weighted by atomic mass is 9.97. The Morgan fingerprint density at radius 2 is 2.35 bits per heavy atom. The number of rotatable bonds is 6. The molecule has 0 spiro atoms. The van der Waals surface area contributed by atoms with Crippen LogP contribution in [0, 0.1) is 0 Å². The predicted molar refractivity (Wildman–Crippen MR) is 82.7 cm³/mol. The first-order chi connectivity index (χ1) is 9.92. The van der Waals surface area contributed by atoms with Gasteiger partial charge in [0.1, 0.15) is 6.26 Å². The second kappa shape index (κ2) is 6.86. The molecule has 0 atom stereocenters. The molecule has 0 radical (unpaired) electrons. The summed E-state index contributed by atoms with van der Waals surface area (Å²) < 4.78 is 5.50. The summed E-state index contributed by atoms with van der Waals surface area (Å²) in [6.07, 6.45) is 10.6. The van der Waals surface area contributed by atoms with Crippen molar-refractivity contribution in [3.63, 3.8) is 0 Å². The Morgan fingerprint density at radius 3 is 3.15 bits per heavy atom. The maximum Gasteiger partial charge on any atom is 0.236 e. The Morgan fingerprint density at radius 1 is 1.35 bits per heavy atom. The molecule has 2 aromatic heterocycles. The predicted octanol–water partition coefficient (Wildman–Crippen LogP) is 4.38. The third-order valence-corrected chi connectivity index (χ3v) is 4.46. The number of nitrogens with zero attached hydrogens (tertiary/aromatic N) is 1. The van der Waals surface area contributed by atoms with E-state index in [0.717, 1.165) is 36.0 Å². The molecule has 3 nitrogen and oxygen atoms in total. The number of thiophene rings is 1. The lowest BCUT2D eigenvalue weighted by Crippen LogP contribution is -2.15. The highest BCUT2D eigenvalue weighted by molar-refractivity contribution is 7.13. The van der Waals surface area contributed by atoms with E-state index in [2.05, 4.69) is 16.4 Å². The Bertz CT molecular complexity index is 557. The molecule has 0 amide bonds. The maximum absolute atomic E-state index is 5.50. The molecule has 0 bridgehead atoms. The van der Waals surface area contributed by atoms with Crippen molar-refractivity contribution in [1.82, 2.24) is 10.3 Å². The second-order valence-corrected chi connectivity index (χ2v) is 6.10.